The molecule has 3 nitrogen and oxygen atoms in total. The van der Waals surface area contributed by atoms with Gasteiger partial charge in [0.1, 0.15) is 0 Å². The summed E-state index contributed by atoms with van der Waals surface area (Å²) in [5.74, 6) is 0. The van der Waals surface area contributed by atoms with Gasteiger partial charge in [-0.25, -0.2) is 0 Å². The zero-order valence-corrected chi connectivity index (χ0v) is 11.7. The molecule has 0 aliphatic rings. The number of hydrogen-bond acceptors (Lipinski definition) is 3. The summed E-state index contributed by atoms with van der Waals surface area (Å²) in [6.07, 6.45) is 0.907. The van der Waals surface area contributed by atoms with Gasteiger partial charge in [0.25, 0.3) is 0 Å². The summed E-state index contributed by atoms with van der Waals surface area (Å²) >= 11 is 0. The largest absolute Gasteiger partial charge is 0.352 e. The molecule has 0 aliphatic heterocycles. The number of rotatable bonds is 9. The average Bonchev–Trinajstić information content (AvgIpc) is 2.35. The summed E-state index contributed by atoms with van der Waals surface area (Å²) in [5.41, 5.74) is 2.68. The number of nitrogens with one attached hydrogen (secondary N) is 1. The third-order valence-corrected chi connectivity index (χ3v) is 2.69. The third-order valence-electron chi connectivity index (χ3n) is 2.69. The number of hydrogen-bond donors (Lipinski definition) is 1. The van der Waals surface area contributed by atoms with Crippen LogP contribution < -0.4 is 5.32 Å². The van der Waals surface area contributed by atoms with Crippen molar-refractivity contribution in [3.8, 4) is 0 Å². The van der Waals surface area contributed by atoms with Gasteiger partial charge in [0.05, 0.1) is 0 Å². The van der Waals surface area contributed by atoms with Gasteiger partial charge in [-0.15, -0.1) is 0 Å². The molecule has 102 valence electrons. The smallest absolute Gasteiger partial charge is 0.169 e. The lowest BCUT2D eigenvalue weighted by molar-refractivity contribution is -0.132. The fraction of sp³-hybridized carbons (Fsp3) is 0.600. The lowest BCUT2D eigenvalue weighted by Crippen LogP contribution is -2.32. The molecule has 0 fully saturated rings. The quantitative estimate of drug-likeness (QED) is 0.540. The Kier molecular flexibility index (Phi) is 7.65. The van der Waals surface area contributed by atoms with Crippen molar-refractivity contribution in [2.75, 3.05) is 26.3 Å². The molecule has 0 saturated heterocycles. The van der Waals surface area contributed by atoms with Crippen LogP contribution in [0.25, 0.3) is 0 Å². The fourth-order valence-corrected chi connectivity index (χ4v) is 1.86. The van der Waals surface area contributed by atoms with E-state index in [0.717, 1.165) is 19.5 Å². The standard InChI is InChI=1S/C15H25NO2/c1-4-17-15(18-5-2)12-16-10-9-14-8-6-7-13(3)11-14/h6-8,11,15-16H,4-5,9-10,12H2,1-3H3. The Bertz CT molecular complexity index is 322. The van der Waals surface area contributed by atoms with Gasteiger partial charge < -0.3 is 14.8 Å². The third kappa shape index (κ3) is 6.15. The summed E-state index contributed by atoms with van der Waals surface area (Å²) in [5, 5.41) is 3.37. The van der Waals surface area contributed by atoms with Gasteiger partial charge in [0, 0.05) is 19.8 Å². The van der Waals surface area contributed by atoms with Crippen LogP contribution in [0.1, 0.15) is 25.0 Å². The molecule has 0 unspecified atom stereocenters. The molecule has 0 saturated carbocycles. The van der Waals surface area contributed by atoms with Crippen LogP contribution in [-0.2, 0) is 15.9 Å². The summed E-state index contributed by atoms with van der Waals surface area (Å²) < 4.78 is 10.9. The zero-order valence-electron chi connectivity index (χ0n) is 11.7. The minimum Gasteiger partial charge on any atom is -0.352 e. The summed E-state index contributed by atoms with van der Waals surface area (Å²) in [7, 11) is 0. The maximum absolute atomic E-state index is 5.47. The maximum atomic E-state index is 5.47. The minimum absolute atomic E-state index is 0.127. The van der Waals surface area contributed by atoms with E-state index in [9.17, 15) is 0 Å². The van der Waals surface area contributed by atoms with Crippen LogP contribution in [0.3, 0.4) is 0 Å². The van der Waals surface area contributed by atoms with Crippen LogP contribution in [0, 0.1) is 6.92 Å². The second-order valence-electron chi connectivity index (χ2n) is 4.28. The highest BCUT2D eigenvalue weighted by Gasteiger charge is 2.06. The molecule has 0 spiro atoms. The molecule has 0 heterocycles. The van der Waals surface area contributed by atoms with Crippen LogP contribution >= 0.6 is 0 Å². The molecule has 1 aromatic rings. The molecule has 1 rings (SSSR count). The van der Waals surface area contributed by atoms with Crippen LogP contribution in [0.2, 0.25) is 0 Å². The van der Waals surface area contributed by atoms with Crippen molar-refractivity contribution >= 4 is 0 Å². The SMILES string of the molecule is CCOC(CNCCc1cccc(C)c1)OCC. The second kappa shape index (κ2) is 9.09. The van der Waals surface area contributed by atoms with Crippen molar-refractivity contribution in [2.24, 2.45) is 0 Å². The van der Waals surface area contributed by atoms with Crippen molar-refractivity contribution in [3.63, 3.8) is 0 Å². The Labute approximate surface area is 110 Å². The first-order chi connectivity index (χ1) is 8.76. The molecular formula is C15H25NO2. The van der Waals surface area contributed by atoms with E-state index in [4.69, 9.17) is 9.47 Å². The first kappa shape index (κ1) is 15.2. The molecule has 1 aromatic carbocycles. The van der Waals surface area contributed by atoms with Crippen LogP contribution in [0.5, 0.6) is 0 Å². The monoisotopic (exact) mass is 251 g/mol. The van der Waals surface area contributed by atoms with Crippen LogP contribution in [-0.4, -0.2) is 32.6 Å². The van der Waals surface area contributed by atoms with E-state index in [1.165, 1.54) is 11.1 Å². The highest BCUT2D eigenvalue weighted by molar-refractivity contribution is 5.22. The Hall–Kier alpha value is -0.900. The summed E-state index contributed by atoms with van der Waals surface area (Å²) in [6.45, 7) is 9.15. The van der Waals surface area contributed by atoms with E-state index in [0.29, 0.717) is 13.2 Å². The summed E-state index contributed by atoms with van der Waals surface area (Å²) in [6, 6.07) is 8.62. The van der Waals surface area contributed by atoms with Crippen molar-refractivity contribution in [1.82, 2.24) is 5.32 Å². The zero-order chi connectivity index (χ0) is 13.2. The lowest BCUT2D eigenvalue weighted by atomic mass is 10.1. The van der Waals surface area contributed by atoms with Gasteiger partial charge in [-0.1, -0.05) is 29.8 Å². The Morgan fingerprint density at radius 2 is 1.89 bits per heavy atom. The Morgan fingerprint density at radius 1 is 1.17 bits per heavy atom. The first-order valence-corrected chi connectivity index (χ1v) is 6.75. The van der Waals surface area contributed by atoms with Gasteiger partial charge in [0.2, 0.25) is 0 Å². The van der Waals surface area contributed by atoms with E-state index in [2.05, 4.69) is 36.5 Å². The normalized spacial score (nSPS) is 11.1. The van der Waals surface area contributed by atoms with Gasteiger partial charge in [-0.2, -0.15) is 0 Å². The molecule has 1 N–H and O–H groups in total. The maximum Gasteiger partial charge on any atom is 0.169 e. The molecule has 0 atom stereocenters. The van der Waals surface area contributed by atoms with Gasteiger partial charge in [-0.3, -0.25) is 0 Å². The van der Waals surface area contributed by atoms with Crippen LogP contribution in [0.4, 0.5) is 0 Å². The van der Waals surface area contributed by atoms with Crippen LogP contribution in [0.15, 0.2) is 24.3 Å². The van der Waals surface area contributed by atoms with E-state index in [1.54, 1.807) is 0 Å². The molecule has 0 bridgehead atoms. The average molecular weight is 251 g/mol. The van der Waals surface area contributed by atoms with Gasteiger partial charge in [-0.05, 0) is 39.3 Å². The predicted molar refractivity (Wildman–Crippen MR) is 74.8 cm³/mol. The lowest BCUT2D eigenvalue weighted by Gasteiger charge is -2.17. The highest BCUT2D eigenvalue weighted by atomic mass is 16.7. The van der Waals surface area contributed by atoms with Crippen molar-refractivity contribution in [3.05, 3.63) is 35.4 Å². The number of benzene rings is 1. The van der Waals surface area contributed by atoms with E-state index < -0.39 is 0 Å². The topological polar surface area (TPSA) is 30.5 Å². The molecule has 18 heavy (non-hydrogen) atoms. The Balaban J connectivity index is 2.20. The van der Waals surface area contributed by atoms with Crippen molar-refractivity contribution < 1.29 is 9.47 Å². The highest BCUT2D eigenvalue weighted by Crippen LogP contribution is 2.04. The van der Waals surface area contributed by atoms with E-state index in [1.807, 2.05) is 13.8 Å². The van der Waals surface area contributed by atoms with E-state index in [-0.39, 0.29) is 6.29 Å². The molecule has 0 aliphatic carbocycles. The van der Waals surface area contributed by atoms with Crippen molar-refractivity contribution in [1.29, 1.82) is 0 Å². The molecular weight excluding hydrogens is 226 g/mol. The Morgan fingerprint density at radius 3 is 2.50 bits per heavy atom. The predicted octanol–water partition coefficient (Wildman–Crippen LogP) is 2.53. The minimum atomic E-state index is -0.127. The molecule has 0 aromatic heterocycles. The molecule has 0 radical (unpaired) electrons. The fourth-order valence-electron chi connectivity index (χ4n) is 1.86. The first-order valence-electron chi connectivity index (χ1n) is 6.75. The van der Waals surface area contributed by atoms with Crippen molar-refractivity contribution in [2.45, 2.75) is 33.5 Å². The molecule has 3 heteroatoms. The second-order valence-corrected chi connectivity index (χ2v) is 4.28. The number of ether oxygens (including phenoxy) is 2. The summed E-state index contributed by atoms with van der Waals surface area (Å²) in [4.78, 5) is 0. The molecule has 0 amide bonds. The van der Waals surface area contributed by atoms with Gasteiger partial charge >= 0.3 is 0 Å². The van der Waals surface area contributed by atoms with Gasteiger partial charge in [0.15, 0.2) is 6.29 Å². The van der Waals surface area contributed by atoms with E-state index >= 15 is 0 Å². The number of aryl methyl sites for hydroxylation is 1.